The summed E-state index contributed by atoms with van der Waals surface area (Å²) in [5, 5.41) is 7.08. The van der Waals surface area contributed by atoms with Gasteiger partial charge in [0.1, 0.15) is 11.8 Å². The summed E-state index contributed by atoms with van der Waals surface area (Å²) in [4.78, 5) is 3.77. The standard InChI is InChI=1S/C11H21F3N4/c1-7-4-18(6-9(7)17(2)3)5-8(10(15)16)11(12,13)14/h7-9H,4-6H2,1-3H3,(H3,15,16). The van der Waals surface area contributed by atoms with Crippen molar-refractivity contribution in [1.82, 2.24) is 9.80 Å². The van der Waals surface area contributed by atoms with Crippen LogP contribution in [0.1, 0.15) is 6.92 Å². The van der Waals surface area contributed by atoms with Crippen LogP contribution in [-0.4, -0.2) is 61.6 Å². The largest absolute Gasteiger partial charge is 0.399 e. The minimum Gasteiger partial charge on any atom is -0.387 e. The molecule has 4 nitrogen and oxygen atoms in total. The van der Waals surface area contributed by atoms with Crippen molar-refractivity contribution in [3.8, 4) is 0 Å². The molecule has 3 unspecified atom stereocenters. The van der Waals surface area contributed by atoms with Crippen LogP contribution in [0, 0.1) is 17.2 Å². The van der Waals surface area contributed by atoms with Crippen molar-refractivity contribution < 1.29 is 13.2 Å². The van der Waals surface area contributed by atoms with E-state index in [1.807, 2.05) is 25.9 Å². The quantitative estimate of drug-likeness (QED) is 0.589. The number of rotatable bonds is 4. The maximum Gasteiger partial charge on any atom is 0.399 e. The Balaban J connectivity index is 2.65. The molecule has 18 heavy (non-hydrogen) atoms. The average Bonchev–Trinajstić information content (AvgIpc) is 2.53. The summed E-state index contributed by atoms with van der Waals surface area (Å²) in [7, 11) is 3.85. The molecular formula is C11H21F3N4. The summed E-state index contributed by atoms with van der Waals surface area (Å²) in [5.74, 6) is -2.34. The van der Waals surface area contributed by atoms with Gasteiger partial charge in [-0.3, -0.25) is 5.41 Å². The average molecular weight is 266 g/mol. The molecule has 0 aromatic carbocycles. The zero-order valence-electron chi connectivity index (χ0n) is 11.0. The predicted octanol–water partition coefficient (Wildman–Crippen LogP) is 0.983. The van der Waals surface area contributed by atoms with E-state index in [4.69, 9.17) is 11.1 Å². The highest BCUT2D eigenvalue weighted by atomic mass is 19.4. The van der Waals surface area contributed by atoms with E-state index in [-0.39, 0.29) is 12.6 Å². The fourth-order valence-electron chi connectivity index (χ4n) is 2.51. The molecule has 106 valence electrons. The minimum atomic E-state index is -4.44. The number of amidine groups is 1. The van der Waals surface area contributed by atoms with Gasteiger partial charge in [-0.15, -0.1) is 0 Å². The molecule has 3 N–H and O–H groups in total. The van der Waals surface area contributed by atoms with Crippen molar-refractivity contribution in [3.05, 3.63) is 0 Å². The summed E-state index contributed by atoms with van der Waals surface area (Å²) in [6.07, 6.45) is -4.44. The van der Waals surface area contributed by atoms with Crippen LogP contribution in [0.25, 0.3) is 0 Å². The molecule has 0 aromatic rings. The topological polar surface area (TPSA) is 56.4 Å². The van der Waals surface area contributed by atoms with E-state index in [1.54, 1.807) is 4.90 Å². The number of hydrogen-bond donors (Lipinski definition) is 2. The molecule has 7 heteroatoms. The molecule has 0 radical (unpaired) electrons. The van der Waals surface area contributed by atoms with Crippen molar-refractivity contribution in [1.29, 1.82) is 5.41 Å². The lowest BCUT2D eigenvalue weighted by Gasteiger charge is -2.25. The maximum absolute atomic E-state index is 12.7. The van der Waals surface area contributed by atoms with Crippen LogP contribution in [0.15, 0.2) is 0 Å². The second-order valence-corrected chi connectivity index (χ2v) is 5.28. The van der Waals surface area contributed by atoms with Crippen LogP contribution in [0.4, 0.5) is 13.2 Å². The van der Waals surface area contributed by atoms with Crippen molar-refractivity contribution in [2.75, 3.05) is 33.7 Å². The molecule has 1 rings (SSSR count). The molecule has 0 saturated carbocycles. The van der Waals surface area contributed by atoms with Crippen molar-refractivity contribution in [2.45, 2.75) is 19.1 Å². The third-order valence-corrected chi connectivity index (χ3v) is 3.52. The zero-order chi connectivity index (χ0) is 14.1. The Morgan fingerprint density at radius 2 is 2.00 bits per heavy atom. The van der Waals surface area contributed by atoms with Crippen LogP contribution in [0.3, 0.4) is 0 Å². The molecule has 1 saturated heterocycles. The number of halogens is 3. The van der Waals surface area contributed by atoms with Gasteiger partial charge in [0.25, 0.3) is 0 Å². The van der Waals surface area contributed by atoms with E-state index in [0.29, 0.717) is 19.0 Å². The van der Waals surface area contributed by atoms with Gasteiger partial charge in [0.15, 0.2) is 0 Å². The molecule has 1 fully saturated rings. The second-order valence-electron chi connectivity index (χ2n) is 5.28. The Morgan fingerprint density at radius 3 is 2.33 bits per heavy atom. The number of alkyl halides is 3. The highest BCUT2D eigenvalue weighted by Gasteiger charge is 2.44. The number of nitrogens with one attached hydrogen (secondary N) is 1. The predicted molar refractivity (Wildman–Crippen MR) is 64.5 cm³/mol. The summed E-state index contributed by atoms with van der Waals surface area (Å²) in [6.45, 7) is 3.02. The normalized spacial score (nSPS) is 27.7. The fraction of sp³-hybridized carbons (Fsp3) is 0.909. The van der Waals surface area contributed by atoms with Gasteiger partial charge in [0.2, 0.25) is 0 Å². The highest BCUT2D eigenvalue weighted by molar-refractivity contribution is 5.80. The Hall–Kier alpha value is -0.820. The number of nitrogens with zero attached hydrogens (tertiary/aromatic N) is 2. The van der Waals surface area contributed by atoms with Crippen molar-refractivity contribution in [3.63, 3.8) is 0 Å². The summed E-state index contributed by atoms with van der Waals surface area (Å²) >= 11 is 0. The molecule has 1 heterocycles. The first kappa shape index (κ1) is 15.2. The number of hydrogen-bond acceptors (Lipinski definition) is 3. The van der Waals surface area contributed by atoms with Crippen LogP contribution in [0.5, 0.6) is 0 Å². The molecule has 0 bridgehead atoms. The number of nitrogens with two attached hydrogens (primary N) is 1. The van der Waals surface area contributed by atoms with E-state index in [1.165, 1.54) is 0 Å². The van der Waals surface area contributed by atoms with Crippen LogP contribution >= 0.6 is 0 Å². The van der Waals surface area contributed by atoms with Crippen LogP contribution in [0.2, 0.25) is 0 Å². The molecule has 0 amide bonds. The fourth-order valence-corrected chi connectivity index (χ4v) is 2.51. The molecule has 0 spiro atoms. The monoisotopic (exact) mass is 266 g/mol. The molecule has 1 aliphatic rings. The van der Waals surface area contributed by atoms with Gasteiger partial charge >= 0.3 is 6.18 Å². The van der Waals surface area contributed by atoms with Gasteiger partial charge in [-0.05, 0) is 20.0 Å². The highest BCUT2D eigenvalue weighted by Crippen LogP contribution is 2.29. The minimum absolute atomic E-state index is 0.215. The Bertz CT molecular complexity index is 303. The molecule has 0 aromatic heterocycles. The lowest BCUT2D eigenvalue weighted by Crippen LogP contribution is -2.44. The maximum atomic E-state index is 12.7. The van der Waals surface area contributed by atoms with E-state index in [9.17, 15) is 13.2 Å². The van der Waals surface area contributed by atoms with Crippen molar-refractivity contribution >= 4 is 5.84 Å². The summed E-state index contributed by atoms with van der Waals surface area (Å²) in [6, 6.07) is 0.255. The second kappa shape index (κ2) is 5.44. The number of likely N-dealkylation sites (tertiary alicyclic amines) is 1. The van der Waals surface area contributed by atoms with E-state index in [2.05, 4.69) is 0 Å². The third-order valence-electron chi connectivity index (χ3n) is 3.52. The van der Waals surface area contributed by atoms with Gasteiger partial charge < -0.3 is 15.5 Å². The lowest BCUT2D eigenvalue weighted by molar-refractivity contribution is -0.159. The smallest absolute Gasteiger partial charge is 0.387 e. The summed E-state index contributed by atoms with van der Waals surface area (Å²) < 4.78 is 38.2. The lowest BCUT2D eigenvalue weighted by atomic mass is 10.1. The third kappa shape index (κ3) is 3.58. The molecule has 3 atom stereocenters. The van der Waals surface area contributed by atoms with Gasteiger partial charge in [-0.2, -0.15) is 13.2 Å². The first-order chi connectivity index (χ1) is 8.12. The van der Waals surface area contributed by atoms with E-state index in [0.717, 1.165) is 0 Å². The Labute approximate surface area is 105 Å². The van der Waals surface area contributed by atoms with Gasteiger partial charge in [-0.1, -0.05) is 6.92 Å². The number of likely N-dealkylation sites (N-methyl/N-ethyl adjacent to an activating group) is 1. The van der Waals surface area contributed by atoms with Gasteiger partial charge in [0.05, 0.1) is 0 Å². The van der Waals surface area contributed by atoms with Crippen molar-refractivity contribution in [2.24, 2.45) is 17.6 Å². The van der Waals surface area contributed by atoms with E-state index >= 15 is 0 Å². The van der Waals surface area contributed by atoms with Gasteiger partial charge in [0, 0.05) is 25.7 Å². The Morgan fingerprint density at radius 1 is 1.44 bits per heavy atom. The van der Waals surface area contributed by atoms with Crippen LogP contribution in [-0.2, 0) is 0 Å². The summed E-state index contributed by atoms with van der Waals surface area (Å²) in [5.41, 5.74) is 5.06. The Kier molecular flexibility index (Phi) is 4.61. The first-order valence-electron chi connectivity index (χ1n) is 5.92. The first-order valence-corrected chi connectivity index (χ1v) is 5.92. The molecule has 1 aliphatic heterocycles. The van der Waals surface area contributed by atoms with E-state index < -0.39 is 17.9 Å². The SMILES string of the molecule is CC1CN(CC(C(=N)N)C(F)(F)F)CC1N(C)C. The zero-order valence-corrected chi connectivity index (χ0v) is 11.0. The van der Waals surface area contributed by atoms with Crippen LogP contribution < -0.4 is 5.73 Å². The molecule has 0 aliphatic carbocycles. The van der Waals surface area contributed by atoms with Gasteiger partial charge in [-0.25, -0.2) is 0 Å². The molecular weight excluding hydrogens is 245 g/mol.